The summed E-state index contributed by atoms with van der Waals surface area (Å²) in [6.07, 6.45) is 55.3. The molecule has 0 radical (unpaired) electrons. The van der Waals surface area contributed by atoms with Crippen molar-refractivity contribution in [2.75, 3.05) is 39.6 Å². The van der Waals surface area contributed by atoms with Crippen LogP contribution in [0.4, 0.5) is 0 Å². The van der Waals surface area contributed by atoms with Gasteiger partial charge in [0, 0.05) is 25.7 Å². The molecule has 0 aromatic rings. The van der Waals surface area contributed by atoms with Gasteiger partial charge in [0.2, 0.25) is 0 Å². The Morgan fingerprint density at radius 1 is 0.290 bits per heavy atom. The van der Waals surface area contributed by atoms with Crippen LogP contribution >= 0.6 is 15.6 Å². The third-order valence-electron chi connectivity index (χ3n) is 17.3. The molecule has 0 aromatic carbocycles. The molecule has 0 bridgehead atoms. The highest BCUT2D eigenvalue weighted by Gasteiger charge is 2.30. The van der Waals surface area contributed by atoms with Crippen LogP contribution in [0, 0.1) is 5.92 Å². The van der Waals surface area contributed by atoms with Crippen molar-refractivity contribution in [1.82, 2.24) is 0 Å². The summed E-state index contributed by atoms with van der Waals surface area (Å²) in [5.41, 5.74) is 0. The Hall–Kier alpha value is -1.94. The Balaban J connectivity index is 5.23. The molecule has 0 heterocycles. The van der Waals surface area contributed by atoms with E-state index in [9.17, 15) is 43.2 Å². The lowest BCUT2D eigenvalue weighted by atomic mass is 10.0. The van der Waals surface area contributed by atoms with E-state index in [2.05, 4.69) is 34.6 Å². The summed E-state index contributed by atoms with van der Waals surface area (Å²) in [5, 5.41) is 10.6. The van der Waals surface area contributed by atoms with Crippen LogP contribution in [0.25, 0.3) is 0 Å². The summed E-state index contributed by atoms with van der Waals surface area (Å²) >= 11 is 0. The number of aliphatic hydroxyl groups is 1. The molecule has 552 valence electrons. The summed E-state index contributed by atoms with van der Waals surface area (Å²) in [6, 6.07) is 0. The standard InChI is InChI=1S/C74H144O17P2/c1-6-9-12-15-18-21-23-25-26-30-33-38-43-48-53-58-72(77)85-64-70(91-74(79)60-55-50-45-40-35-31-27-29-32-37-41-46-51-56-67(4)5)66-89-93(82,83)87-62-68(75)61-86-92(80,81)88-65-69(63-84-71(76)57-52-47-42-36-20-17-14-11-8-3)90-73(78)59-54-49-44-39-34-28-24-22-19-16-13-10-7-2/h67-70,75H,6-66H2,1-5H3,(H,80,81)(H,82,83)/t68-,69+,70+/m0/s1. The van der Waals surface area contributed by atoms with Crippen LogP contribution in [-0.2, 0) is 65.4 Å². The number of phosphoric ester groups is 2. The van der Waals surface area contributed by atoms with Gasteiger partial charge < -0.3 is 33.8 Å². The third kappa shape index (κ3) is 68.4. The van der Waals surface area contributed by atoms with E-state index in [4.69, 9.17) is 37.0 Å². The number of aliphatic hydroxyl groups excluding tert-OH is 1. The van der Waals surface area contributed by atoms with Gasteiger partial charge in [-0.3, -0.25) is 37.3 Å². The van der Waals surface area contributed by atoms with Crippen molar-refractivity contribution in [2.45, 2.75) is 406 Å². The molecule has 0 aliphatic rings. The number of hydrogen-bond donors (Lipinski definition) is 3. The largest absolute Gasteiger partial charge is 0.472 e. The molecule has 2 unspecified atom stereocenters. The van der Waals surface area contributed by atoms with Gasteiger partial charge in [-0.05, 0) is 31.6 Å². The fourth-order valence-electron chi connectivity index (χ4n) is 11.4. The zero-order valence-electron chi connectivity index (χ0n) is 60.4. The van der Waals surface area contributed by atoms with Gasteiger partial charge in [-0.1, -0.05) is 336 Å². The van der Waals surface area contributed by atoms with E-state index >= 15 is 0 Å². The monoisotopic (exact) mass is 1370 g/mol. The first-order valence-corrected chi connectivity index (χ1v) is 41.6. The fraction of sp³-hybridized carbons (Fsp3) is 0.946. The SMILES string of the molecule is CCCCCCCCCCCCCCCCCC(=O)OC[C@H](COP(=O)(O)OC[C@@H](O)COP(=O)(O)OC[C@@H](COC(=O)CCCCCCCCCCC)OC(=O)CCCCCCCCCCCCCCC)OC(=O)CCCCCCCCCCCCCCCC(C)C. The molecule has 0 saturated heterocycles. The topological polar surface area (TPSA) is 237 Å². The van der Waals surface area contributed by atoms with Gasteiger partial charge in [-0.2, -0.15) is 0 Å². The third-order valence-corrected chi connectivity index (χ3v) is 19.2. The van der Waals surface area contributed by atoms with Gasteiger partial charge in [0.15, 0.2) is 12.2 Å². The van der Waals surface area contributed by atoms with Crippen molar-refractivity contribution < 1.29 is 80.2 Å². The predicted molar refractivity (Wildman–Crippen MR) is 377 cm³/mol. The van der Waals surface area contributed by atoms with Crippen LogP contribution < -0.4 is 0 Å². The Kier molecular flexibility index (Phi) is 65.9. The quantitative estimate of drug-likeness (QED) is 0.0222. The summed E-state index contributed by atoms with van der Waals surface area (Å²) in [4.78, 5) is 72.7. The molecule has 0 aliphatic carbocycles. The highest BCUT2D eigenvalue weighted by atomic mass is 31.2. The first-order valence-electron chi connectivity index (χ1n) is 38.6. The number of unbranched alkanes of at least 4 members (excludes halogenated alkanes) is 46. The smallest absolute Gasteiger partial charge is 0.462 e. The summed E-state index contributed by atoms with van der Waals surface area (Å²) < 4.78 is 68.4. The van der Waals surface area contributed by atoms with Crippen LogP contribution in [0.5, 0.6) is 0 Å². The minimum absolute atomic E-state index is 0.108. The maximum absolute atomic E-state index is 13.1. The number of ether oxygens (including phenoxy) is 4. The molecule has 0 fully saturated rings. The maximum atomic E-state index is 13.1. The summed E-state index contributed by atoms with van der Waals surface area (Å²) in [6.45, 7) is 7.29. The van der Waals surface area contributed by atoms with Crippen LogP contribution in [0.15, 0.2) is 0 Å². The van der Waals surface area contributed by atoms with Gasteiger partial charge in [-0.15, -0.1) is 0 Å². The molecule has 93 heavy (non-hydrogen) atoms. The second-order valence-electron chi connectivity index (χ2n) is 27.2. The minimum atomic E-state index is -4.95. The lowest BCUT2D eigenvalue weighted by Crippen LogP contribution is -2.30. The first-order chi connectivity index (χ1) is 45.0. The molecule has 0 aromatic heterocycles. The van der Waals surface area contributed by atoms with Crippen LogP contribution in [0.2, 0.25) is 0 Å². The molecule has 5 atom stereocenters. The number of carbonyl (C=O) groups is 4. The normalized spacial score (nSPS) is 14.0. The highest BCUT2D eigenvalue weighted by Crippen LogP contribution is 2.45. The van der Waals surface area contributed by atoms with Crippen LogP contribution in [0.3, 0.4) is 0 Å². The Labute approximate surface area is 568 Å². The number of rotatable bonds is 74. The number of phosphoric acid groups is 2. The van der Waals surface area contributed by atoms with Gasteiger partial charge in [0.1, 0.15) is 19.3 Å². The van der Waals surface area contributed by atoms with E-state index < -0.39 is 97.5 Å². The van der Waals surface area contributed by atoms with E-state index in [1.807, 2.05) is 0 Å². The minimum Gasteiger partial charge on any atom is -0.462 e. The molecule has 0 saturated carbocycles. The van der Waals surface area contributed by atoms with Crippen molar-refractivity contribution in [3.63, 3.8) is 0 Å². The lowest BCUT2D eigenvalue weighted by Gasteiger charge is -2.21. The van der Waals surface area contributed by atoms with Gasteiger partial charge in [-0.25, -0.2) is 9.13 Å². The van der Waals surface area contributed by atoms with Crippen LogP contribution in [-0.4, -0.2) is 96.7 Å². The van der Waals surface area contributed by atoms with Crippen molar-refractivity contribution in [2.24, 2.45) is 5.92 Å². The van der Waals surface area contributed by atoms with E-state index in [0.717, 1.165) is 95.8 Å². The molecule has 17 nitrogen and oxygen atoms in total. The average molecular weight is 1370 g/mol. The predicted octanol–water partition coefficient (Wildman–Crippen LogP) is 21.7. The summed E-state index contributed by atoms with van der Waals surface area (Å²) in [5.74, 6) is -1.33. The van der Waals surface area contributed by atoms with E-state index in [1.54, 1.807) is 0 Å². The molecule has 0 spiro atoms. The Morgan fingerprint density at radius 3 is 0.731 bits per heavy atom. The fourth-order valence-corrected chi connectivity index (χ4v) is 12.9. The Bertz CT molecular complexity index is 1790. The first kappa shape index (κ1) is 91.1. The highest BCUT2D eigenvalue weighted by molar-refractivity contribution is 7.47. The van der Waals surface area contributed by atoms with Crippen molar-refractivity contribution in [3.05, 3.63) is 0 Å². The molecule has 0 amide bonds. The maximum Gasteiger partial charge on any atom is 0.472 e. The van der Waals surface area contributed by atoms with Gasteiger partial charge in [0.05, 0.1) is 26.4 Å². The van der Waals surface area contributed by atoms with E-state index in [-0.39, 0.29) is 25.7 Å². The van der Waals surface area contributed by atoms with Gasteiger partial charge >= 0.3 is 39.5 Å². The molecule has 0 rings (SSSR count). The zero-order valence-corrected chi connectivity index (χ0v) is 62.2. The molecular formula is C74H144O17P2. The number of carbonyl (C=O) groups excluding carboxylic acids is 4. The average Bonchev–Trinajstić information content (AvgIpc) is 1.72. The number of esters is 4. The second-order valence-corrected chi connectivity index (χ2v) is 30.1. The van der Waals surface area contributed by atoms with E-state index in [0.29, 0.717) is 25.7 Å². The molecular weight excluding hydrogens is 1220 g/mol. The molecule has 0 aliphatic heterocycles. The number of hydrogen-bond acceptors (Lipinski definition) is 15. The zero-order chi connectivity index (χ0) is 68.4. The molecule has 3 N–H and O–H groups in total. The second kappa shape index (κ2) is 67.3. The van der Waals surface area contributed by atoms with Crippen molar-refractivity contribution in [1.29, 1.82) is 0 Å². The Morgan fingerprint density at radius 2 is 0.495 bits per heavy atom. The van der Waals surface area contributed by atoms with E-state index in [1.165, 1.54) is 212 Å². The van der Waals surface area contributed by atoms with Crippen LogP contribution in [0.1, 0.15) is 388 Å². The summed E-state index contributed by atoms with van der Waals surface area (Å²) in [7, 11) is -9.90. The van der Waals surface area contributed by atoms with Gasteiger partial charge in [0.25, 0.3) is 0 Å². The van der Waals surface area contributed by atoms with Crippen molar-refractivity contribution in [3.8, 4) is 0 Å². The van der Waals surface area contributed by atoms with Crippen molar-refractivity contribution >= 4 is 39.5 Å². The lowest BCUT2D eigenvalue weighted by molar-refractivity contribution is -0.161. The molecule has 19 heteroatoms.